The largest absolute Gasteiger partial charge is 0.337 e. The van der Waals surface area contributed by atoms with E-state index >= 15 is 0 Å². The van der Waals surface area contributed by atoms with Crippen molar-refractivity contribution >= 4 is 20.3 Å². The van der Waals surface area contributed by atoms with E-state index in [0.717, 1.165) is 58.0 Å². The van der Waals surface area contributed by atoms with E-state index in [0.29, 0.717) is 6.54 Å². The van der Waals surface area contributed by atoms with Gasteiger partial charge in [0, 0.05) is 17.3 Å². The predicted octanol–water partition coefficient (Wildman–Crippen LogP) is 6.10. The average Bonchev–Trinajstić information content (AvgIpc) is 2.55. The lowest BCUT2D eigenvalue weighted by Gasteiger charge is -2.43. The molecule has 4 nitrogen and oxygen atoms in total. The summed E-state index contributed by atoms with van der Waals surface area (Å²) in [6.07, 6.45) is 14.3. The Hall–Kier alpha value is 0.220. The minimum absolute atomic E-state index is 0.203. The summed E-state index contributed by atoms with van der Waals surface area (Å²) in [5.41, 5.74) is 0. The first kappa shape index (κ1) is 26.3. The minimum atomic E-state index is -3.26. The molecular formula is C22H47NO3S2. The Morgan fingerprint density at radius 1 is 0.821 bits per heavy atom. The standard InChI is InChI=1S/C22H47NO3S2/c1-21(2,3)27(7,8)26-19-15-10-9-14-18-23(20-16-12-11-13-17-20)28(24,25)22(4,5)6/h20H,9-19H2,1-8H3. The molecule has 1 aliphatic carbocycles. The van der Waals surface area contributed by atoms with Crippen LogP contribution in [0.2, 0.25) is 0 Å². The maximum absolute atomic E-state index is 13.1. The molecule has 6 heteroatoms. The summed E-state index contributed by atoms with van der Waals surface area (Å²) in [5.74, 6) is 0. The van der Waals surface area contributed by atoms with Gasteiger partial charge in [0.2, 0.25) is 10.0 Å². The van der Waals surface area contributed by atoms with Crippen LogP contribution in [0.4, 0.5) is 0 Å². The van der Waals surface area contributed by atoms with Crippen LogP contribution < -0.4 is 0 Å². The molecule has 0 amide bonds. The minimum Gasteiger partial charge on any atom is -0.337 e. The molecule has 0 bridgehead atoms. The first-order valence-corrected chi connectivity index (χ1v) is 14.9. The lowest BCUT2D eigenvalue weighted by molar-refractivity contribution is 0.243. The van der Waals surface area contributed by atoms with Crippen molar-refractivity contribution in [1.82, 2.24) is 4.31 Å². The van der Waals surface area contributed by atoms with Crippen LogP contribution in [0, 0.1) is 0 Å². The van der Waals surface area contributed by atoms with Gasteiger partial charge in [0.15, 0.2) is 0 Å². The Morgan fingerprint density at radius 3 is 1.86 bits per heavy atom. The number of rotatable bonds is 10. The van der Waals surface area contributed by atoms with E-state index in [9.17, 15) is 8.42 Å². The Kier molecular flexibility index (Phi) is 9.84. The van der Waals surface area contributed by atoms with Crippen LogP contribution in [0.1, 0.15) is 99.3 Å². The molecule has 0 unspecified atom stereocenters. The van der Waals surface area contributed by atoms with Gasteiger partial charge in [-0.05, 0) is 59.0 Å². The first-order valence-electron chi connectivity index (χ1n) is 11.1. The normalized spacial score (nSPS) is 18.6. The van der Waals surface area contributed by atoms with Gasteiger partial charge in [-0.3, -0.25) is 0 Å². The molecule has 0 aromatic rings. The highest BCUT2D eigenvalue weighted by molar-refractivity contribution is 8.29. The third-order valence-corrected chi connectivity index (χ3v) is 12.5. The van der Waals surface area contributed by atoms with E-state index in [2.05, 4.69) is 33.3 Å². The van der Waals surface area contributed by atoms with Gasteiger partial charge in [0.25, 0.3) is 0 Å². The average molecular weight is 438 g/mol. The second-order valence-electron chi connectivity index (χ2n) is 10.6. The zero-order chi connectivity index (χ0) is 21.6. The zero-order valence-electron chi connectivity index (χ0n) is 19.8. The van der Waals surface area contributed by atoms with E-state index in [1.54, 1.807) is 0 Å². The second kappa shape index (κ2) is 10.5. The molecule has 1 rings (SSSR count). The molecule has 0 N–H and O–H groups in total. The molecule has 0 aromatic heterocycles. The summed E-state index contributed by atoms with van der Waals surface area (Å²) in [5, 5.41) is 0. The van der Waals surface area contributed by atoms with Gasteiger partial charge in [-0.1, -0.05) is 52.9 Å². The van der Waals surface area contributed by atoms with Crippen LogP contribution in [0.25, 0.3) is 0 Å². The third-order valence-electron chi connectivity index (χ3n) is 6.19. The number of hydrogen-bond acceptors (Lipinski definition) is 3. The van der Waals surface area contributed by atoms with E-state index in [-0.39, 0.29) is 10.8 Å². The van der Waals surface area contributed by atoms with Crippen molar-refractivity contribution in [3.05, 3.63) is 0 Å². The molecule has 0 atom stereocenters. The summed E-state index contributed by atoms with van der Waals surface area (Å²) in [7, 11) is -4.30. The molecule has 1 saturated carbocycles. The van der Waals surface area contributed by atoms with Gasteiger partial charge < -0.3 is 4.18 Å². The Balaban J connectivity index is 2.48. The third kappa shape index (κ3) is 7.48. The van der Waals surface area contributed by atoms with E-state index in [4.69, 9.17) is 4.18 Å². The first-order chi connectivity index (χ1) is 12.7. The molecule has 1 fully saturated rings. The SMILES string of the molecule is CC(C)(C)S(C)(C)OCCCCCCN(C1CCCCC1)S(=O)(=O)C(C)(C)C. The van der Waals surface area contributed by atoms with Gasteiger partial charge >= 0.3 is 0 Å². The van der Waals surface area contributed by atoms with Crippen LogP contribution in [0.3, 0.4) is 0 Å². The van der Waals surface area contributed by atoms with Gasteiger partial charge in [-0.15, -0.1) is 10.3 Å². The zero-order valence-corrected chi connectivity index (χ0v) is 21.5. The number of nitrogens with zero attached hydrogens (tertiary/aromatic N) is 1. The maximum atomic E-state index is 13.1. The summed E-state index contributed by atoms with van der Waals surface area (Å²) in [6.45, 7) is 13.7. The van der Waals surface area contributed by atoms with Crippen molar-refractivity contribution in [2.24, 2.45) is 0 Å². The van der Waals surface area contributed by atoms with E-state index in [1.807, 2.05) is 25.1 Å². The van der Waals surface area contributed by atoms with Crippen LogP contribution in [-0.2, 0) is 14.2 Å². The molecule has 0 aliphatic heterocycles. The van der Waals surface area contributed by atoms with Crippen LogP contribution in [-0.4, -0.2) is 53.9 Å². The second-order valence-corrected chi connectivity index (χ2v) is 17.2. The fourth-order valence-electron chi connectivity index (χ4n) is 3.39. The van der Waals surface area contributed by atoms with Crippen LogP contribution >= 0.6 is 10.3 Å². The summed E-state index contributed by atoms with van der Waals surface area (Å²) >= 11 is 0. The molecule has 170 valence electrons. The molecule has 28 heavy (non-hydrogen) atoms. The van der Waals surface area contributed by atoms with Crippen LogP contribution in [0.5, 0.6) is 0 Å². The Bertz CT molecular complexity index is 553. The highest BCUT2D eigenvalue weighted by Gasteiger charge is 2.39. The van der Waals surface area contributed by atoms with Gasteiger partial charge in [0.05, 0.1) is 11.4 Å². The van der Waals surface area contributed by atoms with Crippen molar-refractivity contribution in [2.45, 2.75) is 115 Å². The van der Waals surface area contributed by atoms with Crippen molar-refractivity contribution in [3.63, 3.8) is 0 Å². The molecular weight excluding hydrogens is 390 g/mol. The number of sulfonamides is 1. The van der Waals surface area contributed by atoms with Gasteiger partial charge in [-0.2, -0.15) is 4.31 Å². The molecule has 1 aliphatic rings. The topological polar surface area (TPSA) is 46.6 Å². The van der Waals surface area contributed by atoms with Crippen molar-refractivity contribution < 1.29 is 12.6 Å². The fourth-order valence-corrected chi connectivity index (χ4v) is 5.95. The number of hydrogen-bond donors (Lipinski definition) is 0. The van der Waals surface area contributed by atoms with Crippen molar-refractivity contribution in [3.8, 4) is 0 Å². The molecule has 0 heterocycles. The fraction of sp³-hybridized carbons (Fsp3) is 1.00. The van der Waals surface area contributed by atoms with Gasteiger partial charge in [-0.25, -0.2) is 8.42 Å². The van der Waals surface area contributed by atoms with Crippen LogP contribution in [0.15, 0.2) is 0 Å². The molecule has 0 aromatic carbocycles. The van der Waals surface area contributed by atoms with Gasteiger partial charge in [0.1, 0.15) is 0 Å². The van der Waals surface area contributed by atoms with E-state index < -0.39 is 25.1 Å². The number of unbranched alkanes of at least 4 members (excludes halogenated alkanes) is 3. The maximum Gasteiger partial charge on any atom is 0.219 e. The van der Waals surface area contributed by atoms with Crippen molar-refractivity contribution in [1.29, 1.82) is 0 Å². The summed E-state index contributed by atoms with van der Waals surface area (Å²) in [6, 6.07) is 0.206. The van der Waals surface area contributed by atoms with Crippen molar-refractivity contribution in [2.75, 3.05) is 25.7 Å². The Labute approximate surface area is 177 Å². The monoisotopic (exact) mass is 437 g/mol. The lowest BCUT2D eigenvalue weighted by atomic mass is 9.95. The highest BCUT2D eigenvalue weighted by Crippen LogP contribution is 2.53. The Morgan fingerprint density at radius 2 is 1.36 bits per heavy atom. The lowest BCUT2D eigenvalue weighted by Crippen LogP contribution is -2.49. The predicted molar refractivity (Wildman–Crippen MR) is 126 cm³/mol. The summed E-state index contributed by atoms with van der Waals surface area (Å²) in [4.78, 5) is 0. The molecule has 0 spiro atoms. The molecule has 0 radical (unpaired) electrons. The summed E-state index contributed by atoms with van der Waals surface area (Å²) < 4.78 is 33.8. The molecule has 0 saturated heterocycles. The quantitative estimate of drug-likeness (QED) is 0.388. The highest BCUT2D eigenvalue weighted by atomic mass is 32.3. The van der Waals surface area contributed by atoms with E-state index in [1.165, 1.54) is 6.42 Å². The smallest absolute Gasteiger partial charge is 0.219 e.